The van der Waals surface area contributed by atoms with Gasteiger partial charge in [-0.3, -0.25) is 28.9 Å². The normalized spacial score (nSPS) is 16.1. The fourth-order valence-corrected chi connectivity index (χ4v) is 7.33. The van der Waals surface area contributed by atoms with Crippen molar-refractivity contribution < 1.29 is 47.7 Å². The third-order valence-electron chi connectivity index (χ3n) is 9.06. The Morgan fingerprint density at radius 3 is 2.46 bits per heavy atom. The lowest BCUT2D eigenvalue weighted by molar-refractivity contribution is -0.140. The molecule has 4 atom stereocenters. The number of aliphatic carboxylic acids is 1. The highest BCUT2D eigenvalue weighted by molar-refractivity contribution is 8.00. The van der Waals surface area contributed by atoms with Crippen LogP contribution in [0.1, 0.15) is 51.0 Å². The second kappa shape index (κ2) is 19.9. The van der Waals surface area contributed by atoms with E-state index >= 15 is 0 Å². The average molecular weight is 802 g/mol. The van der Waals surface area contributed by atoms with Crippen molar-refractivity contribution >= 4 is 41.4 Å². The number of aromatic nitrogens is 2. The average Bonchev–Trinajstić information content (AvgIpc) is 3.68. The number of thioether (sulfide) groups is 1. The van der Waals surface area contributed by atoms with Crippen LogP contribution in [0.2, 0.25) is 0 Å². The number of nitrogens with one attached hydrogen (secondary N) is 1. The van der Waals surface area contributed by atoms with E-state index in [2.05, 4.69) is 5.32 Å². The lowest BCUT2D eigenvalue weighted by Gasteiger charge is -2.40. The number of ether oxygens (including phenoxy) is 1. The molecule has 1 aliphatic rings. The molecule has 4 rings (SSSR count). The smallest absolute Gasteiger partial charge is 0.321 e. The first-order chi connectivity index (χ1) is 26.5. The zero-order valence-corrected chi connectivity index (χ0v) is 32.3. The van der Waals surface area contributed by atoms with E-state index in [9.17, 15) is 37.9 Å². The molecule has 7 N–H and O–H groups in total. The van der Waals surface area contributed by atoms with Crippen molar-refractivity contribution in [3.8, 4) is 11.3 Å². The van der Waals surface area contributed by atoms with Gasteiger partial charge < -0.3 is 41.2 Å². The number of amides is 4. The molecule has 4 amide bonds. The van der Waals surface area contributed by atoms with Crippen molar-refractivity contribution in [1.29, 1.82) is 0 Å². The van der Waals surface area contributed by atoms with Crippen molar-refractivity contribution in [2.24, 2.45) is 16.9 Å². The highest BCUT2D eigenvalue weighted by Crippen LogP contribution is 2.39. The van der Waals surface area contributed by atoms with Crippen LogP contribution in [-0.2, 0) is 35.3 Å². The van der Waals surface area contributed by atoms with E-state index in [-0.39, 0.29) is 69.2 Å². The van der Waals surface area contributed by atoms with Crippen molar-refractivity contribution in [2.45, 2.75) is 63.5 Å². The third-order valence-corrected chi connectivity index (χ3v) is 10.4. The lowest BCUT2D eigenvalue weighted by atomic mass is 9.84. The number of imide groups is 1. The van der Waals surface area contributed by atoms with Crippen LogP contribution in [0.25, 0.3) is 11.3 Å². The van der Waals surface area contributed by atoms with E-state index in [0.717, 1.165) is 40.4 Å². The molecule has 1 saturated heterocycles. The third kappa shape index (κ3) is 11.6. The Balaban J connectivity index is 1.38. The monoisotopic (exact) mass is 801 g/mol. The van der Waals surface area contributed by atoms with Crippen LogP contribution in [0.3, 0.4) is 0 Å². The summed E-state index contributed by atoms with van der Waals surface area (Å²) in [6.07, 6.45) is 1.53. The molecule has 1 fully saturated rings. The number of halogens is 2. The number of carboxylic acid groups (broad SMARTS) is 1. The molecule has 3 aromatic rings. The van der Waals surface area contributed by atoms with E-state index < -0.39 is 76.6 Å². The number of nitrogens with zero attached hydrogens (tertiary/aromatic N) is 4. The van der Waals surface area contributed by atoms with E-state index in [1.54, 1.807) is 10.8 Å². The van der Waals surface area contributed by atoms with Crippen LogP contribution in [-0.4, -0.2) is 122 Å². The maximum atomic E-state index is 15.0. The number of benzene rings is 2. The number of aliphatic hydroxyl groups is 1. The molecular formula is C38H49F2N7O8S. The molecule has 56 heavy (non-hydrogen) atoms. The summed E-state index contributed by atoms with van der Waals surface area (Å²) in [4.78, 5) is 69.4. The quantitative estimate of drug-likeness (QED) is 0.0817. The van der Waals surface area contributed by atoms with Crippen LogP contribution >= 0.6 is 11.8 Å². The molecule has 0 saturated carbocycles. The van der Waals surface area contributed by atoms with Crippen LogP contribution in [0.15, 0.2) is 54.7 Å². The van der Waals surface area contributed by atoms with Gasteiger partial charge in [0.25, 0.3) is 0 Å². The number of carbonyl (C=O) groups excluding carboxylic acids is 4. The summed E-state index contributed by atoms with van der Waals surface area (Å²) in [6, 6.07) is 9.41. The van der Waals surface area contributed by atoms with Crippen molar-refractivity contribution in [2.75, 3.05) is 45.2 Å². The molecule has 18 heteroatoms. The lowest BCUT2D eigenvalue weighted by Crippen LogP contribution is -2.48. The summed E-state index contributed by atoms with van der Waals surface area (Å²) in [5.41, 5.74) is 12.0. The van der Waals surface area contributed by atoms with Crippen molar-refractivity contribution in [3.63, 3.8) is 0 Å². The summed E-state index contributed by atoms with van der Waals surface area (Å²) in [5, 5.41) is 20.9. The zero-order chi connectivity index (χ0) is 41.2. The van der Waals surface area contributed by atoms with E-state index in [0.29, 0.717) is 5.82 Å². The van der Waals surface area contributed by atoms with E-state index in [1.807, 2.05) is 51.1 Å². The number of carbonyl (C=O) groups is 5. The predicted molar refractivity (Wildman–Crippen MR) is 204 cm³/mol. The minimum Gasteiger partial charge on any atom is -0.480 e. The molecule has 304 valence electrons. The van der Waals surface area contributed by atoms with Gasteiger partial charge in [0, 0.05) is 43.6 Å². The van der Waals surface area contributed by atoms with Crippen molar-refractivity contribution in [3.05, 3.63) is 77.8 Å². The number of aliphatic hydroxyl groups excluding tert-OH is 1. The number of likely N-dealkylation sites (tertiary alicyclic amines) is 1. The van der Waals surface area contributed by atoms with Gasteiger partial charge in [0.1, 0.15) is 30.1 Å². The van der Waals surface area contributed by atoms with E-state index in [1.165, 1.54) is 4.90 Å². The Labute approximate surface area is 327 Å². The standard InChI is InChI=1S/C38H49F2N7O8S/c1-38(2,3)33(34-44-29(25-17-24(39)9-10-26(25)40)20-45(34)19-23-7-5-4-6-8-23)46(32(50)21-48)13-11-27(41)35(51)43-12-15-55-16-14-47-31(49)18-30(36(47)52)56-22-28(42)37(53)54/h4-10,17,20,27-28,30,33,48H,11-16,18-19,21-22,41-42H2,1-3H3,(H,43,51)(H,53,54)/t27-,28-,30?,33-/m0/s1. The predicted octanol–water partition coefficient (Wildman–Crippen LogP) is 1.91. The molecule has 2 heterocycles. The Morgan fingerprint density at radius 2 is 1.80 bits per heavy atom. The number of rotatable bonds is 20. The van der Waals surface area contributed by atoms with Crippen LogP contribution in [0.4, 0.5) is 8.78 Å². The molecular weight excluding hydrogens is 753 g/mol. The number of nitrogens with two attached hydrogens (primary N) is 2. The fraction of sp³-hybridized carbons (Fsp3) is 0.474. The molecule has 15 nitrogen and oxygen atoms in total. The molecule has 0 radical (unpaired) electrons. The first kappa shape index (κ1) is 44.0. The summed E-state index contributed by atoms with van der Waals surface area (Å²) in [7, 11) is 0. The van der Waals surface area contributed by atoms with Gasteiger partial charge in [-0.25, -0.2) is 13.8 Å². The van der Waals surface area contributed by atoms with Crippen LogP contribution in [0, 0.1) is 17.0 Å². The van der Waals surface area contributed by atoms with Gasteiger partial charge in [0.05, 0.1) is 42.8 Å². The second-order valence-corrected chi connectivity index (χ2v) is 15.6. The van der Waals surface area contributed by atoms with Gasteiger partial charge in [-0.05, 0) is 35.6 Å². The highest BCUT2D eigenvalue weighted by Gasteiger charge is 2.40. The molecule has 0 bridgehead atoms. The van der Waals surface area contributed by atoms with Gasteiger partial charge >= 0.3 is 5.97 Å². The van der Waals surface area contributed by atoms with Crippen molar-refractivity contribution in [1.82, 2.24) is 24.7 Å². The second-order valence-electron chi connectivity index (χ2n) is 14.4. The molecule has 0 spiro atoms. The van der Waals surface area contributed by atoms with Gasteiger partial charge in [-0.1, -0.05) is 51.1 Å². The van der Waals surface area contributed by atoms with Gasteiger partial charge in [-0.2, -0.15) is 0 Å². The van der Waals surface area contributed by atoms with Crippen LogP contribution < -0.4 is 16.8 Å². The summed E-state index contributed by atoms with van der Waals surface area (Å²) < 4.78 is 36.5. The topological polar surface area (TPSA) is 223 Å². The molecule has 2 aromatic carbocycles. The van der Waals surface area contributed by atoms with E-state index in [4.69, 9.17) is 26.3 Å². The first-order valence-electron chi connectivity index (χ1n) is 18.0. The highest BCUT2D eigenvalue weighted by atomic mass is 32.2. The number of hydrogen-bond acceptors (Lipinski definition) is 11. The minimum atomic E-state index is -1.20. The maximum absolute atomic E-state index is 15.0. The molecule has 1 aromatic heterocycles. The molecule has 0 aliphatic carbocycles. The summed E-state index contributed by atoms with van der Waals surface area (Å²) in [5.74, 6) is -4.21. The Morgan fingerprint density at radius 1 is 1.09 bits per heavy atom. The van der Waals surface area contributed by atoms with Crippen LogP contribution in [0.5, 0.6) is 0 Å². The summed E-state index contributed by atoms with van der Waals surface area (Å²) >= 11 is 1.02. The largest absolute Gasteiger partial charge is 0.480 e. The fourth-order valence-electron chi connectivity index (χ4n) is 6.22. The summed E-state index contributed by atoms with van der Waals surface area (Å²) in [6.45, 7) is 5.08. The maximum Gasteiger partial charge on any atom is 0.321 e. The molecule has 1 aliphatic heterocycles. The van der Waals surface area contributed by atoms with Gasteiger partial charge in [-0.15, -0.1) is 11.8 Å². The number of hydrogen-bond donors (Lipinski definition) is 5. The SMILES string of the molecule is CC(C)(C)[C@H](c1nc(-c2cc(F)ccc2F)cn1Cc1ccccc1)N(CC[C@H](N)C(=O)NCCOCCN1C(=O)CC(SC[C@H](N)C(=O)O)C1=O)C(=O)CO. The number of imidazole rings is 1. The zero-order valence-electron chi connectivity index (χ0n) is 31.5. The Hall–Kier alpha value is -4.75. The molecule has 1 unspecified atom stereocenters. The Bertz CT molecular complexity index is 1860. The Kier molecular flexibility index (Phi) is 15.6. The first-order valence-corrected chi connectivity index (χ1v) is 19.1. The van der Waals surface area contributed by atoms with Gasteiger partial charge in [0.2, 0.25) is 23.6 Å². The minimum absolute atomic E-state index is 0.00541. The van der Waals surface area contributed by atoms with Gasteiger partial charge in [0.15, 0.2) is 0 Å². The number of carboxylic acids is 1.